The smallest absolute Gasteiger partial charge is 0.373 e. The van der Waals surface area contributed by atoms with E-state index in [1.54, 1.807) is 13.1 Å². The molecular formula is C8H9KN3O3+. The fraction of sp³-hybridized carbons (Fsp3) is 0.250. The van der Waals surface area contributed by atoms with Crippen molar-refractivity contribution in [3.05, 3.63) is 34.0 Å². The first kappa shape index (κ1) is 14.7. The van der Waals surface area contributed by atoms with Crippen LogP contribution in [0.25, 0.3) is 0 Å². The summed E-state index contributed by atoms with van der Waals surface area (Å²) >= 11 is 0. The van der Waals surface area contributed by atoms with Crippen molar-refractivity contribution >= 4 is 11.6 Å². The van der Waals surface area contributed by atoms with Gasteiger partial charge in [0.15, 0.2) is 0 Å². The number of aromatic nitrogens is 1. The summed E-state index contributed by atoms with van der Waals surface area (Å²) in [6.45, 7) is -0.708. The normalized spacial score (nSPS) is 8.87. The summed E-state index contributed by atoms with van der Waals surface area (Å²) in [4.78, 5) is 24.7. The number of ketones is 1. The van der Waals surface area contributed by atoms with Gasteiger partial charge in [-0.15, -0.1) is 0 Å². The van der Waals surface area contributed by atoms with E-state index in [1.807, 2.05) is 0 Å². The van der Waals surface area contributed by atoms with Crippen molar-refractivity contribution in [2.24, 2.45) is 0 Å². The second kappa shape index (κ2) is 7.02. The Morgan fingerprint density at radius 2 is 2.33 bits per heavy atom. The number of Topliss-reactive ketones (excluding diaryl/α,β-unsaturated/α-hetero) is 1. The Balaban J connectivity index is 0.00000196. The van der Waals surface area contributed by atoms with Gasteiger partial charge in [0.2, 0.25) is 5.78 Å². The van der Waals surface area contributed by atoms with Gasteiger partial charge in [0.25, 0.3) is 6.54 Å². The minimum absolute atomic E-state index is 0. The predicted molar refractivity (Wildman–Crippen MR) is 50.0 cm³/mol. The van der Waals surface area contributed by atoms with Gasteiger partial charge < -0.3 is 5.32 Å². The van der Waals surface area contributed by atoms with Crippen LogP contribution < -0.4 is 56.7 Å². The largest absolute Gasteiger partial charge is 1.00 e. The third-order valence-electron chi connectivity index (χ3n) is 1.62. The predicted octanol–water partition coefficient (Wildman–Crippen LogP) is -2.41. The van der Waals surface area contributed by atoms with E-state index in [-0.39, 0.29) is 56.9 Å². The second-order valence-corrected chi connectivity index (χ2v) is 2.56. The number of hydrogen-bond donors (Lipinski definition) is 1. The Kier molecular flexibility index (Phi) is 6.86. The number of carbonyl (C=O) groups is 1. The fourth-order valence-electron chi connectivity index (χ4n) is 1.03. The Morgan fingerprint density at radius 3 is 2.87 bits per heavy atom. The van der Waals surface area contributed by atoms with E-state index in [9.17, 15) is 14.9 Å². The standard InChI is InChI=1S/C8H9N3O3.K/c1-9-8-6(3-2-4-10-8)7(12)5-11(13)14;/h2-4H,5H2,1H3,(H,9,10);/q;+1. The summed E-state index contributed by atoms with van der Waals surface area (Å²) in [6.07, 6.45) is 1.51. The molecule has 0 radical (unpaired) electrons. The average Bonchev–Trinajstić information content (AvgIpc) is 2.16. The van der Waals surface area contributed by atoms with Crippen LogP contribution in [-0.2, 0) is 0 Å². The molecule has 1 heterocycles. The molecule has 6 nitrogen and oxygen atoms in total. The van der Waals surface area contributed by atoms with Crippen LogP contribution in [0.2, 0.25) is 0 Å². The van der Waals surface area contributed by atoms with Gasteiger partial charge in [0, 0.05) is 18.2 Å². The summed E-state index contributed by atoms with van der Waals surface area (Å²) < 4.78 is 0. The Hall–Kier alpha value is -0.344. The molecular weight excluding hydrogens is 225 g/mol. The van der Waals surface area contributed by atoms with E-state index >= 15 is 0 Å². The molecule has 0 unspecified atom stereocenters. The molecule has 0 aliphatic rings. The first-order chi connectivity index (χ1) is 6.65. The molecule has 0 atom stereocenters. The molecule has 0 amide bonds. The number of carbonyl (C=O) groups excluding carboxylic acids is 1. The fourth-order valence-corrected chi connectivity index (χ4v) is 1.03. The Bertz CT molecular complexity index is 370. The van der Waals surface area contributed by atoms with Gasteiger partial charge in [0.1, 0.15) is 5.82 Å². The zero-order valence-electron chi connectivity index (χ0n) is 8.56. The third-order valence-corrected chi connectivity index (χ3v) is 1.62. The number of hydrogen-bond acceptors (Lipinski definition) is 5. The molecule has 0 saturated heterocycles. The van der Waals surface area contributed by atoms with Crippen molar-refractivity contribution in [2.75, 3.05) is 18.9 Å². The summed E-state index contributed by atoms with van der Waals surface area (Å²) in [5.74, 6) is -0.188. The molecule has 0 aromatic carbocycles. The maximum Gasteiger partial charge on any atom is 1.00 e. The van der Waals surface area contributed by atoms with Crippen LogP contribution in [0.3, 0.4) is 0 Å². The summed E-state index contributed by atoms with van der Waals surface area (Å²) in [6, 6.07) is 3.07. The van der Waals surface area contributed by atoms with E-state index in [2.05, 4.69) is 10.3 Å². The van der Waals surface area contributed by atoms with Crippen LogP contribution in [0.4, 0.5) is 5.82 Å². The Morgan fingerprint density at radius 1 is 1.67 bits per heavy atom. The van der Waals surface area contributed by atoms with E-state index in [0.717, 1.165) is 0 Å². The summed E-state index contributed by atoms with van der Waals surface area (Å²) in [5, 5.41) is 12.8. The maximum absolute atomic E-state index is 11.3. The molecule has 0 aliphatic heterocycles. The van der Waals surface area contributed by atoms with Crippen LogP contribution in [-0.4, -0.2) is 29.3 Å². The number of nitrogens with one attached hydrogen (secondary N) is 1. The van der Waals surface area contributed by atoms with E-state index < -0.39 is 17.3 Å². The molecule has 7 heteroatoms. The van der Waals surface area contributed by atoms with Crippen LogP contribution >= 0.6 is 0 Å². The van der Waals surface area contributed by atoms with Crippen molar-refractivity contribution in [3.63, 3.8) is 0 Å². The number of nitro groups is 1. The van der Waals surface area contributed by atoms with E-state index in [4.69, 9.17) is 0 Å². The Labute approximate surface area is 129 Å². The summed E-state index contributed by atoms with van der Waals surface area (Å²) in [5.41, 5.74) is 0.242. The van der Waals surface area contributed by atoms with Crippen LogP contribution in [0.15, 0.2) is 18.3 Å². The topological polar surface area (TPSA) is 85.1 Å². The molecule has 1 N–H and O–H groups in total. The number of anilines is 1. The van der Waals surface area contributed by atoms with Gasteiger partial charge in [0.05, 0.1) is 5.56 Å². The molecule has 15 heavy (non-hydrogen) atoms. The van der Waals surface area contributed by atoms with Gasteiger partial charge in [-0.1, -0.05) is 0 Å². The van der Waals surface area contributed by atoms with Crippen LogP contribution in [0.1, 0.15) is 10.4 Å². The maximum atomic E-state index is 11.3. The van der Waals surface area contributed by atoms with Crippen LogP contribution in [0.5, 0.6) is 0 Å². The molecule has 74 valence electrons. The second-order valence-electron chi connectivity index (χ2n) is 2.56. The quantitative estimate of drug-likeness (QED) is 0.271. The van der Waals surface area contributed by atoms with Crippen molar-refractivity contribution in [3.8, 4) is 0 Å². The van der Waals surface area contributed by atoms with Crippen molar-refractivity contribution in [1.29, 1.82) is 0 Å². The first-order valence-electron chi connectivity index (χ1n) is 3.93. The third kappa shape index (κ3) is 4.35. The zero-order chi connectivity index (χ0) is 10.6. The van der Waals surface area contributed by atoms with Gasteiger partial charge in [-0.3, -0.25) is 14.9 Å². The van der Waals surface area contributed by atoms with Gasteiger partial charge in [-0.2, -0.15) is 0 Å². The molecule has 1 rings (SSSR count). The van der Waals surface area contributed by atoms with Gasteiger partial charge in [-0.25, -0.2) is 4.98 Å². The summed E-state index contributed by atoms with van der Waals surface area (Å²) in [7, 11) is 1.60. The SMILES string of the molecule is CNc1ncccc1C(=O)C[N+](=O)[O-].[K+]. The van der Waals surface area contributed by atoms with Gasteiger partial charge >= 0.3 is 51.4 Å². The molecule has 1 aromatic heterocycles. The molecule has 1 aromatic rings. The molecule has 0 saturated carbocycles. The molecule has 0 spiro atoms. The monoisotopic (exact) mass is 234 g/mol. The number of rotatable bonds is 4. The first-order valence-corrected chi connectivity index (χ1v) is 3.93. The van der Waals surface area contributed by atoms with Crippen molar-refractivity contribution in [2.45, 2.75) is 0 Å². The molecule has 0 fully saturated rings. The molecule has 0 aliphatic carbocycles. The minimum atomic E-state index is -0.708. The zero-order valence-corrected chi connectivity index (χ0v) is 11.7. The molecule has 0 bridgehead atoms. The van der Waals surface area contributed by atoms with E-state index in [1.165, 1.54) is 12.3 Å². The van der Waals surface area contributed by atoms with Crippen molar-refractivity contribution in [1.82, 2.24) is 4.98 Å². The van der Waals surface area contributed by atoms with E-state index in [0.29, 0.717) is 5.82 Å². The average molecular weight is 234 g/mol. The van der Waals surface area contributed by atoms with Crippen molar-refractivity contribution < 1.29 is 61.1 Å². The van der Waals surface area contributed by atoms with Crippen LogP contribution in [0, 0.1) is 10.1 Å². The number of nitrogens with zero attached hydrogens (tertiary/aromatic N) is 2. The number of pyridine rings is 1. The minimum Gasteiger partial charge on any atom is -0.373 e. The van der Waals surface area contributed by atoms with Gasteiger partial charge in [-0.05, 0) is 12.1 Å².